The number of aliphatic hydroxyl groups is 1. The first kappa shape index (κ1) is 17.4. The molecule has 0 radical (unpaired) electrons. The van der Waals surface area contributed by atoms with Gasteiger partial charge in [0.05, 0.1) is 18.2 Å². The van der Waals surface area contributed by atoms with E-state index >= 15 is 0 Å². The molecular weight excluding hydrogens is 304 g/mol. The number of likely N-dealkylation sites (tertiary alicyclic amines) is 1. The van der Waals surface area contributed by atoms with E-state index in [9.17, 15) is 9.90 Å². The highest BCUT2D eigenvalue weighted by molar-refractivity contribution is 5.82. The Bertz CT molecular complexity index is 553. The summed E-state index contributed by atoms with van der Waals surface area (Å²) in [6.07, 6.45) is 2.70. The summed E-state index contributed by atoms with van der Waals surface area (Å²) in [5.74, 6) is 0.00970. The van der Waals surface area contributed by atoms with Crippen molar-refractivity contribution in [2.45, 2.75) is 50.9 Å². The van der Waals surface area contributed by atoms with E-state index in [0.717, 1.165) is 24.8 Å². The number of benzene rings is 1. The lowest BCUT2D eigenvalue weighted by Crippen LogP contribution is -2.63. The van der Waals surface area contributed by atoms with E-state index in [-0.39, 0.29) is 23.5 Å². The Balaban J connectivity index is 1.55. The number of carbonyl (C=O) groups is 1. The van der Waals surface area contributed by atoms with Gasteiger partial charge in [0.2, 0.25) is 5.91 Å². The van der Waals surface area contributed by atoms with Crippen LogP contribution in [0.15, 0.2) is 30.3 Å². The molecule has 3 rings (SSSR count). The summed E-state index contributed by atoms with van der Waals surface area (Å²) in [5.41, 5.74) is 7.06. The van der Waals surface area contributed by atoms with Crippen LogP contribution in [-0.4, -0.2) is 53.9 Å². The van der Waals surface area contributed by atoms with Crippen LogP contribution in [0.5, 0.6) is 0 Å². The highest BCUT2D eigenvalue weighted by Gasteiger charge is 2.56. The van der Waals surface area contributed by atoms with E-state index in [2.05, 4.69) is 0 Å². The summed E-state index contributed by atoms with van der Waals surface area (Å²) in [6, 6.07) is 9.37. The van der Waals surface area contributed by atoms with Gasteiger partial charge < -0.3 is 20.5 Å². The second-order valence-electron chi connectivity index (χ2n) is 7.05. The normalized spacial score (nSPS) is 26.9. The molecular formula is C19H28N2O3. The first-order valence-corrected chi connectivity index (χ1v) is 8.95. The molecule has 0 bridgehead atoms. The van der Waals surface area contributed by atoms with Crippen molar-refractivity contribution in [1.82, 2.24) is 4.90 Å². The number of piperidine rings is 1. The van der Waals surface area contributed by atoms with E-state index in [4.69, 9.17) is 10.5 Å². The lowest BCUT2D eigenvalue weighted by atomic mass is 9.58. The fourth-order valence-electron chi connectivity index (χ4n) is 4.15. The Morgan fingerprint density at radius 1 is 1.38 bits per heavy atom. The molecule has 1 aromatic carbocycles. The highest BCUT2D eigenvalue weighted by Crippen LogP contribution is 2.50. The smallest absolute Gasteiger partial charge is 0.239 e. The summed E-state index contributed by atoms with van der Waals surface area (Å²) in [5, 5.41) is 10.2. The molecule has 1 aromatic rings. The Hall–Kier alpha value is -1.43. The minimum atomic E-state index is -0.504. The van der Waals surface area contributed by atoms with Crippen molar-refractivity contribution in [2.75, 3.05) is 19.7 Å². The number of rotatable bonds is 5. The Labute approximate surface area is 143 Å². The molecule has 1 aliphatic carbocycles. The van der Waals surface area contributed by atoms with Crippen LogP contribution in [0.1, 0.15) is 31.7 Å². The van der Waals surface area contributed by atoms with Crippen LogP contribution < -0.4 is 5.73 Å². The molecule has 1 heterocycles. The summed E-state index contributed by atoms with van der Waals surface area (Å²) in [4.78, 5) is 14.5. The van der Waals surface area contributed by atoms with Gasteiger partial charge in [-0.15, -0.1) is 0 Å². The Morgan fingerprint density at radius 2 is 2.04 bits per heavy atom. The van der Waals surface area contributed by atoms with Crippen molar-refractivity contribution in [1.29, 1.82) is 0 Å². The molecule has 2 fully saturated rings. The van der Waals surface area contributed by atoms with E-state index < -0.39 is 6.04 Å². The quantitative estimate of drug-likeness (QED) is 0.853. The van der Waals surface area contributed by atoms with Gasteiger partial charge in [-0.1, -0.05) is 30.3 Å². The van der Waals surface area contributed by atoms with Gasteiger partial charge in [-0.2, -0.15) is 0 Å². The maximum atomic E-state index is 12.6. The molecule has 1 spiro atoms. The zero-order valence-corrected chi connectivity index (χ0v) is 14.4. The third kappa shape index (κ3) is 3.21. The second kappa shape index (κ2) is 7.21. The molecule has 1 aliphatic heterocycles. The van der Waals surface area contributed by atoms with Gasteiger partial charge >= 0.3 is 0 Å². The van der Waals surface area contributed by atoms with Gasteiger partial charge in [-0.25, -0.2) is 0 Å². The SMILES string of the molecule is CCO[C@@H]1C[C@@H](O)C12CCN(C(=O)[C@H](N)Cc1ccccc1)CC2. The second-order valence-corrected chi connectivity index (χ2v) is 7.05. The van der Waals surface area contributed by atoms with Crippen LogP contribution in [0, 0.1) is 5.41 Å². The number of hydrogen-bond donors (Lipinski definition) is 2. The molecule has 1 saturated carbocycles. The van der Waals surface area contributed by atoms with Crippen LogP contribution >= 0.6 is 0 Å². The summed E-state index contributed by atoms with van der Waals surface area (Å²) in [7, 11) is 0. The average molecular weight is 332 g/mol. The largest absolute Gasteiger partial charge is 0.392 e. The van der Waals surface area contributed by atoms with E-state index in [1.807, 2.05) is 42.2 Å². The van der Waals surface area contributed by atoms with Gasteiger partial charge in [0.15, 0.2) is 0 Å². The van der Waals surface area contributed by atoms with Crippen molar-refractivity contribution < 1.29 is 14.6 Å². The van der Waals surface area contributed by atoms with Gasteiger partial charge in [-0.3, -0.25) is 4.79 Å². The third-order valence-electron chi connectivity index (χ3n) is 5.73. The number of hydrogen-bond acceptors (Lipinski definition) is 4. The lowest BCUT2D eigenvalue weighted by molar-refractivity contribution is -0.210. The topological polar surface area (TPSA) is 75.8 Å². The number of ether oxygens (including phenoxy) is 1. The molecule has 1 saturated heterocycles. The van der Waals surface area contributed by atoms with Gasteiger partial charge in [0.25, 0.3) is 0 Å². The maximum Gasteiger partial charge on any atom is 0.239 e. The molecule has 3 atom stereocenters. The molecule has 3 N–H and O–H groups in total. The van der Waals surface area contributed by atoms with Gasteiger partial charge in [-0.05, 0) is 31.7 Å². The van der Waals surface area contributed by atoms with Crippen LogP contribution in [0.3, 0.4) is 0 Å². The van der Waals surface area contributed by atoms with Crippen molar-refractivity contribution in [2.24, 2.45) is 11.1 Å². The van der Waals surface area contributed by atoms with E-state index in [1.165, 1.54) is 0 Å². The number of amides is 1. The molecule has 1 amide bonds. The lowest BCUT2D eigenvalue weighted by Gasteiger charge is -2.56. The molecule has 5 heteroatoms. The van der Waals surface area contributed by atoms with Crippen LogP contribution in [0.4, 0.5) is 0 Å². The van der Waals surface area contributed by atoms with Crippen molar-refractivity contribution in [3.63, 3.8) is 0 Å². The predicted octanol–water partition coefficient (Wildman–Crippen LogP) is 1.33. The minimum Gasteiger partial charge on any atom is -0.392 e. The standard InChI is InChI=1S/C19H28N2O3/c1-2-24-17-13-16(22)19(17)8-10-21(11-9-19)18(23)15(20)12-14-6-4-3-5-7-14/h3-7,15-17,22H,2,8-13,20H2,1H3/t15-,16-,17-/m1/s1. The maximum absolute atomic E-state index is 12.6. The Kier molecular flexibility index (Phi) is 5.23. The molecule has 2 aliphatic rings. The fraction of sp³-hybridized carbons (Fsp3) is 0.632. The first-order chi connectivity index (χ1) is 11.6. The monoisotopic (exact) mass is 332 g/mol. The average Bonchev–Trinajstić information content (AvgIpc) is 2.62. The summed E-state index contributed by atoms with van der Waals surface area (Å²) in [6.45, 7) is 3.97. The predicted molar refractivity (Wildman–Crippen MR) is 92.4 cm³/mol. The zero-order chi connectivity index (χ0) is 17.2. The van der Waals surface area contributed by atoms with Crippen LogP contribution in [-0.2, 0) is 16.0 Å². The molecule has 0 aromatic heterocycles. The molecule has 5 nitrogen and oxygen atoms in total. The van der Waals surface area contributed by atoms with E-state index in [0.29, 0.717) is 26.1 Å². The Morgan fingerprint density at radius 3 is 2.62 bits per heavy atom. The van der Waals surface area contributed by atoms with Crippen LogP contribution in [0.2, 0.25) is 0 Å². The van der Waals surface area contributed by atoms with Crippen LogP contribution in [0.25, 0.3) is 0 Å². The number of carbonyl (C=O) groups excluding carboxylic acids is 1. The van der Waals surface area contributed by atoms with Gasteiger partial charge in [0, 0.05) is 31.5 Å². The number of nitrogens with two attached hydrogens (primary N) is 1. The van der Waals surface area contributed by atoms with Crippen molar-refractivity contribution in [3.8, 4) is 0 Å². The van der Waals surface area contributed by atoms with Crippen molar-refractivity contribution >= 4 is 5.91 Å². The molecule has 24 heavy (non-hydrogen) atoms. The highest BCUT2D eigenvalue weighted by atomic mass is 16.5. The molecule has 0 unspecified atom stereocenters. The number of aliphatic hydroxyl groups excluding tert-OH is 1. The van der Waals surface area contributed by atoms with Gasteiger partial charge in [0.1, 0.15) is 0 Å². The van der Waals surface area contributed by atoms with Crippen molar-refractivity contribution in [3.05, 3.63) is 35.9 Å². The number of nitrogens with zero attached hydrogens (tertiary/aromatic N) is 1. The summed E-state index contributed by atoms with van der Waals surface area (Å²) < 4.78 is 5.78. The first-order valence-electron chi connectivity index (χ1n) is 8.95. The molecule has 132 valence electrons. The van der Waals surface area contributed by atoms with E-state index in [1.54, 1.807) is 0 Å². The third-order valence-corrected chi connectivity index (χ3v) is 5.73. The zero-order valence-electron chi connectivity index (χ0n) is 14.4. The summed E-state index contributed by atoms with van der Waals surface area (Å²) >= 11 is 0. The minimum absolute atomic E-state index is 0.00970. The fourth-order valence-corrected chi connectivity index (χ4v) is 4.15.